The molecule has 3 nitrogen and oxygen atoms in total. The van der Waals surface area contributed by atoms with Crippen LogP contribution >= 0.6 is 62.1 Å². The molecule has 0 saturated heterocycles. The topological polar surface area (TPSA) is 42.9 Å². The lowest BCUT2D eigenvalue weighted by molar-refractivity contribution is 0.102. The number of ketones is 1. The Bertz CT molecular complexity index is 525. The molecule has 0 radical (unpaired) electrons. The van der Waals surface area contributed by atoms with Crippen LogP contribution in [0.2, 0.25) is 0 Å². The first-order valence-corrected chi connectivity index (χ1v) is 9.17. The maximum absolute atomic E-state index is 11.9. The van der Waals surface area contributed by atoms with E-state index in [4.69, 9.17) is 0 Å². The maximum Gasteiger partial charge on any atom is 0.184 e. The molecule has 0 aliphatic heterocycles. The van der Waals surface area contributed by atoms with Gasteiger partial charge in [0.2, 0.25) is 0 Å². The number of carbonyl (C=O) groups excluding carboxylic acids is 1. The minimum absolute atomic E-state index is 0.123. The molecule has 0 fully saturated rings. The zero-order valence-electron chi connectivity index (χ0n) is 8.68. The number of Topliss-reactive ketones (excluding diaryl/α,β-unsaturated/α-hetero) is 1. The van der Waals surface area contributed by atoms with E-state index in [9.17, 15) is 4.79 Å². The van der Waals surface area contributed by atoms with E-state index < -0.39 is 0 Å². The molecule has 0 unspecified atom stereocenters. The summed E-state index contributed by atoms with van der Waals surface area (Å²) in [5, 5.41) is 9.90. The first-order chi connectivity index (χ1) is 8.20. The van der Waals surface area contributed by atoms with Crippen molar-refractivity contribution in [2.24, 2.45) is 0 Å². The van der Waals surface area contributed by atoms with Crippen molar-refractivity contribution in [3.8, 4) is 0 Å². The van der Waals surface area contributed by atoms with Crippen LogP contribution in [0.15, 0.2) is 24.6 Å². The molecule has 0 aliphatic rings. The van der Waals surface area contributed by atoms with Gasteiger partial charge in [-0.05, 0) is 33.6 Å². The summed E-state index contributed by atoms with van der Waals surface area (Å²) in [4.78, 5) is 12.7. The zero-order chi connectivity index (χ0) is 12.3. The van der Waals surface area contributed by atoms with E-state index in [0.29, 0.717) is 5.75 Å². The van der Waals surface area contributed by atoms with Gasteiger partial charge in [0.15, 0.2) is 14.5 Å². The van der Waals surface area contributed by atoms with Crippen molar-refractivity contribution in [1.29, 1.82) is 0 Å². The van der Waals surface area contributed by atoms with Gasteiger partial charge >= 0.3 is 0 Å². The highest BCUT2D eigenvalue weighted by molar-refractivity contribution is 9.10. The van der Waals surface area contributed by atoms with Gasteiger partial charge in [-0.2, -0.15) is 0 Å². The second-order valence-corrected chi connectivity index (χ2v) is 7.87. The van der Waals surface area contributed by atoms with Crippen molar-refractivity contribution in [1.82, 2.24) is 10.2 Å². The fraction of sp³-hybridized carbons (Fsp3) is 0.222. The van der Waals surface area contributed by atoms with Crippen LogP contribution in [0.25, 0.3) is 0 Å². The Morgan fingerprint density at radius 1 is 1.47 bits per heavy atom. The number of nitrogens with zero attached hydrogens (tertiary/aromatic N) is 2. The molecule has 0 spiro atoms. The smallest absolute Gasteiger partial charge is 0.184 e. The lowest BCUT2D eigenvalue weighted by Gasteiger charge is -1.96. The predicted octanol–water partition coefficient (Wildman–Crippen LogP) is 4.06. The summed E-state index contributed by atoms with van der Waals surface area (Å²) in [5.74, 6) is 0.528. The third kappa shape index (κ3) is 3.54. The lowest BCUT2D eigenvalue weighted by Crippen LogP contribution is -1.99. The fourth-order valence-corrected chi connectivity index (χ4v) is 4.96. The Kier molecular flexibility index (Phi) is 5.04. The van der Waals surface area contributed by atoms with Gasteiger partial charge in [-0.1, -0.05) is 34.9 Å². The summed E-state index contributed by atoms with van der Waals surface area (Å²) in [6.07, 6.45) is 1.96. The molecular weight excluding hydrogens is 360 g/mol. The molecule has 0 atom stereocenters. The molecule has 90 valence electrons. The summed E-state index contributed by atoms with van der Waals surface area (Å²) in [6.45, 7) is 0. The predicted molar refractivity (Wildman–Crippen MR) is 78.8 cm³/mol. The Balaban J connectivity index is 1.94. The molecule has 2 aromatic heterocycles. The molecule has 0 amide bonds. The number of halogens is 1. The zero-order valence-corrected chi connectivity index (χ0v) is 13.5. The van der Waals surface area contributed by atoms with Gasteiger partial charge in [-0.3, -0.25) is 4.79 Å². The van der Waals surface area contributed by atoms with E-state index in [2.05, 4.69) is 26.1 Å². The van der Waals surface area contributed by atoms with Gasteiger partial charge in [0, 0.05) is 4.47 Å². The van der Waals surface area contributed by atoms with E-state index in [1.165, 1.54) is 34.4 Å². The molecule has 0 aromatic carbocycles. The van der Waals surface area contributed by atoms with Crippen molar-refractivity contribution < 1.29 is 4.79 Å². The van der Waals surface area contributed by atoms with E-state index >= 15 is 0 Å². The van der Waals surface area contributed by atoms with E-state index in [1.54, 1.807) is 11.8 Å². The summed E-state index contributed by atoms with van der Waals surface area (Å²) in [6, 6.07) is 1.89. The monoisotopic (exact) mass is 366 g/mol. The number of rotatable bonds is 5. The highest BCUT2D eigenvalue weighted by Gasteiger charge is 2.13. The molecule has 2 rings (SSSR count). The average molecular weight is 367 g/mol. The number of aromatic nitrogens is 2. The summed E-state index contributed by atoms with van der Waals surface area (Å²) < 4.78 is 2.64. The van der Waals surface area contributed by atoms with Gasteiger partial charge in [-0.15, -0.1) is 21.5 Å². The number of hydrogen-bond acceptors (Lipinski definition) is 7. The van der Waals surface area contributed by atoms with Crippen LogP contribution in [0.3, 0.4) is 0 Å². The average Bonchev–Trinajstić information content (AvgIpc) is 2.94. The second kappa shape index (κ2) is 6.33. The Hall–Kier alpha value is 0.110. The van der Waals surface area contributed by atoms with Gasteiger partial charge in [0.05, 0.1) is 10.6 Å². The van der Waals surface area contributed by atoms with Crippen molar-refractivity contribution in [2.75, 3.05) is 12.0 Å². The minimum Gasteiger partial charge on any atom is -0.292 e. The van der Waals surface area contributed by atoms with Crippen LogP contribution in [0, 0.1) is 0 Å². The number of thioether (sulfide) groups is 2. The third-order valence-electron chi connectivity index (χ3n) is 1.76. The van der Waals surface area contributed by atoms with Crippen LogP contribution < -0.4 is 0 Å². The van der Waals surface area contributed by atoms with E-state index in [1.807, 2.05) is 17.7 Å². The van der Waals surface area contributed by atoms with Gasteiger partial charge < -0.3 is 0 Å². The van der Waals surface area contributed by atoms with Crippen LogP contribution in [-0.2, 0) is 0 Å². The van der Waals surface area contributed by atoms with Crippen molar-refractivity contribution in [2.45, 2.75) is 8.68 Å². The van der Waals surface area contributed by atoms with Crippen LogP contribution in [-0.4, -0.2) is 28.0 Å². The Morgan fingerprint density at radius 2 is 2.24 bits per heavy atom. The lowest BCUT2D eigenvalue weighted by atomic mass is 10.3. The Labute approximate surface area is 124 Å². The molecule has 0 N–H and O–H groups in total. The molecule has 2 heterocycles. The highest BCUT2D eigenvalue weighted by atomic mass is 79.9. The van der Waals surface area contributed by atoms with E-state index in [-0.39, 0.29) is 5.78 Å². The summed E-state index contributed by atoms with van der Waals surface area (Å²) >= 11 is 9.34. The quantitative estimate of drug-likeness (QED) is 0.589. The molecule has 0 saturated carbocycles. The SMILES string of the molecule is CSc1nnc(SCC(=O)c2sccc2Br)s1. The van der Waals surface area contributed by atoms with Crippen LogP contribution in [0.4, 0.5) is 0 Å². The Morgan fingerprint density at radius 3 is 2.82 bits per heavy atom. The maximum atomic E-state index is 11.9. The van der Waals surface area contributed by atoms with Crippen molar-refractivity contribution in [3.63, 3.8) is 0 Å². The van der Waals surface area contributed by atoms with Gasteiger partial charge in [-0.25, -0.2) is 0 Å². The molecule has 0 aliphatic carbocycles. The number of carbonyl (C=O) groups is 1. The number of hydrogen-bond donors (Lipinski definition) is 0. The molecule has 0 bridgehead atoms. The summed E-state index contributed by atoms with van der Waals surface area (Å²) in [7, 11) is 0. The largest absolute Gasteiger partial charge is 0.292 e. The third-order valence-corrected chi connectivity index (χ3v) is 6.67. The second-order valence-electron chi connectivity index (χ2n) is 2.85. The molecule has 2 aromatic rings. The summed E-state index contributed by atoms with van der Waals surface area (Å²) in [5.41, 5.74) is 0. The van der Waals surface area contributed by atoms with E-state index in [0.717, 1.165) is 18.0 Å². The van der Waals surface area contributed by atoms with Gasteiger partial charge in [0.25, 0.3) is 0 Å². The molecule has 8 heteroatoms. The van der Waals surface area contributed by atoms with Crippen LogP contribution in [0.5, 0.6) is 0 Å². The fourth-order valence-electron chi connectivity index (χ4n) is 1.02. The van der Waals surface area contributed by atoms with Crippen LogP contribution in [0.1, 0.15) is 9.67 Å². The van der Waals surface area contributed by atoms with Crippen molar-refractivity contribution >= 4 is 67.9 Å². The highest BCUT2D eigenvalue weighted by Crippen LogP contribution is 2.29. The standard InChI is InChI=1S/C9H7BrN2OS4/c1-14-8-11-12-9(17-8)16-4-6(13)7-5(10)2-3-15-7/h2-3H,4H2,1H3. The minimum atomic E-state index is 0.123. The van der Waals surface area contributed by atoms with Crippen molar-refractivity contribution in [3.05, 3.63) is 20.8 Å². The number of thiophene rings is 1. The normalized spacial score (nSPS) is 10.7. The first-order valence-electron chi connectivity index (χ1n) is 4.47. The molecule has 17 heavy (non-hydrogen) atoms. The molecular formula is C9H7BrN2OS4. The van der Waals surface area contributed by atoms with Gasteiger partial charge in [0.1, 0.15) is 0 Å². The first kappa shape index (κ1) is 13.5.